The van der Waals surface area contributed by atoms with Crippen LogP contribution in [0.15, 0.2) is 28.9 Å². The summed E-state index contributed by atoms with van der Waals surface area (Å²) in [7, 11) is 1.64. The minimum absolute atomic E-state index is 0.228. The summed E-state index contributed by atoms with van der Waals surface area (Å²) in [6.45, 7) is 7.35. The summed E-state index contributed by atoms with van der Waals surface area (Å²) in [5.74, 6) is 6.54. The Balaban J connectivity index is 1.99. The topological polar surface area (TPSA) is 69.7 Å². The minimum atomic E-state index is -0.699. The summed E-state index contributed by atoms with van der Waals surface area (Å²) in [6.07, 6.45) is 4.20. The molecule has 31 heavy (non-hydrogen) atoms. The third kappa shape index (κ3) is 8.34. The van der Waals surface area contributed by atoms with E-state index in [1.165, 1.54) is 11.8 Å². The fourth-order valence-corrected chi connectivity index (χ4v) is 3.65. The van der Waals surface area contributed by atoms with Crippen molar-refractivity contribution in [1.29, 1.82) is 0 Å². The molecule has 0 fully saturated rings. The van der Waals surface area contributed by atoms with Gasteiger partial charge in [-0.1, -0.05) is 11.8 Å². The quantitative estimate of drug-likeness (QED) is 0.292. The van der Waals surface area contributed by atoms with Gasteiger partial charge in [-0.15, -0.1) is 11.8 Å². The van der Waals surface area contributed by atoms with Gasteiger partial charge < -0.3 is 19.5 Å². The van der Waals surface area contributed by atoms with Crippen LogP contribution in [0, 0.1) is 18.8 Å². The standard InChI is InChI=1S/C23H29BrN2O4S/c1-16-12-19(14-17-13-18(24)15-25-20(16)17)30-22(31-5)21(27)26-23(2,3)8-6-7-9-29-11-10-28-4/h12-15,22H,7,9-11H2,1-5H3,(H,26,27). The second-order valence-electron chi connectivity index (χ2n) is 7.42. The number of amides is 1. The number of nitrogens with zero attached hydrogens (tertiary/aromatic N) is 1. The molecule has 168 valence electrons. The van der Waals surface area contributed by atoms with Crippen LogP contribution in [0.1, 0.15) is 25.8 Å². The second-order valence-corrected chi connectivity index (χ2v) is 9.24. The number of hydrogen-bond donors (Lipinski definition) is 1. The van der Waals surface area contributed by atoms with Gasteiger partial charge in [0.05, 0.1) is 30.9 Å². The number of benzene rings is 1. The zero-order chi connectivity index (χ0) is 22.9. The predicted molar refractivity (Wildman–Crippen MR) is 129 cm³/mol. The average molecular weight is 509 g/mol. The molecule has 0 spiro atoms. The summed E-state index contributed by atoms with van der Waals surface area (Å²) in [4.78, 5) is 17.3. The van der Waals surface area contributed by atoms with E-state index >= 15 is 0 Å². The SMILES string of the molecule is COCCOCCC#CC(C)(C)NC(=O)C(Oc1cc(C)c2ncc(Br)cc2c1)SC. The van der Waals surface area contributed by atoms with E-state index in [0.29, 0.717) is 32.0 Å². The van der Waals surface area contributed by atoms with Gasteiger partial charge in [-0.2, -0.15) is 0 Å². The molecular formula is C23H29BrN2O4S. The molecular weight excluding hydrogens is 480 g/mol. The van der Waals surface area contributed by atoms with E-state index in [4.69, 9.17) is 14.2 Å². The first-order valence-corrected chi connectivity index (χ1v) is 12.0. The van der Waals surface area contributed by atoms with E-state index in [0.717, 1.165) is 20.9 Å². The number of rotatable bonds is 10. The molecule has 1 unspecified atom stereocenters. The average Bonchev–Trinajstić information content (AvgIpc) is 2.70. The largest absolute Gasteiger partial charge is 0.470 e. The maximum Gasteiger partial charge on any atom is 0.272 e. The van der Waals surface area contributed by atoms with Crippen LogP contribution in [0.4, 0.5) is 0 Å². The van der Waals surface area contributed by atoms with E-state index in [1.807, 2.05) is 45.2 Å². The molecule has 0 aliphatic rings. The highest BCUT2D eigenvalue weighted by Gasteiger charge is 2.25. The lowest BCUT2D eigenvalue weighted by Crippen LogP contribution is -2.47. The molecule has 2 aromatic rings. The van der Waals surface area contributed by atoms with Gasteiger partial charge in [0.1, 0.15) is 5.75 Å². The van der Waals surface area contributed by atoms with E-state index in [2.05, 4.69) is 38.1 Å². The van der Waals surface area contributed by atoms with Gasteiger partial charge in [-0.05, 0) is 66.7 Å². The van der Waals surface area contributed by atoms with Gasteiger partial charge in [0.2, 0.25) is 5.44 Å². The van der Waals surface area contributed by atoms with Crippen molar-refractivity contribution in [2.45, 2.75) is 38.2 Å². The number of nitrogens with one attached hydrogen (secondary N) is 1. The summed E-state index contributed by atoms with van der Waals surface area (Å²) in [6, 6.07) is 5.77. The van der Waals surface area contributed by atoms with E-state index in [1.54, 1.807) is 13.3 Å². The summed E-state index contributed by atoms with van der Waals surface area (Å²) in [5, 5.41) is 3.91. The van der Waals surface area contributed by atoms with Crippen LogP contribution < -0.4 is 10.1 Å². The third-order valence-electron chi connectivity index (χ3n) is 4.22. The molecule has 0 radical (unpaired) electrons. The van der Waals surface area contributed by atoms with Crippen LogP contribution in [-0.4, -0.2) is 55.1 Å². The smallest absolute Gasteiger partial charge is 0.272 e. The van der Waals surface area contributed by atoms with E-state index in [-0.39, 0.29) is 5.91 Å². The maximum atomic E-state index is 12.8. The molecule has 0 saturated heterocycles. The maximum absolute atomic E-state index is 12.8. The van der Waals surface area contributed by atoms with E-state index < -0.39 is 11.0 Å². The molecule has 2 rings (SSSR count). The minimum Gasteiger partial charge on any atom is -0.470 e. The molecule has 1 atom stereocenters. The van der Waals surface area contributed by atoms with Gasteiger partial charge in [0.25, 0.3) is 5.91 Å². The van der Waals surface area contributed by atoms with Crippen molar-refractivity contribution >= 4 is 44.5 Å². The fourth-order valence-electron chi connectivity index (χ4n) is 2.82. The number of halogens is 1. The van der Waals surface area contributed by atoms with Crippen molar-refractivity contribution < 1.29 is 19.0 Å². The van der Waals surface area contributed by atoms with Crippen LogP contribution in [0.3, 0.4) is 0 Å². The zero-order valence-electron chi connectivity index (χ0n) is 18.6. The molecule has 1 aromatic carbocycles. The molecule has 8 heteroatoms. The third-order valence-corrected chi connectivity index (χ3v) is 5.40. The lowest BCUT2D eigenvalue weighted by atomic mass is 10.1. The number of aryl methyl sites for hydroxylation is 1. The molecule has 0 saturated carbocycles. The van der Waals surface area contributed by atoms with Crippen molar-refractivity contribution in [2.75, 3.05) is 33.2 Å². The summed E-state index contributed by atoms with van der Waals surface area (Å²) in [5.41, 5.74) is 0.507. The number of thioether (sulfide) groups is 1. The first-order chi connectivity index (χ1) is 14.8. The van der Waals surface area contributed by atoms with Gasteiger partial charge >= 0.3 is 0 Å². The van der Waals surface area contributed by atoms with Crippen LogP contribution in [0.25, 0.3) is 10.9 Å². The Labute approximate surface area is 196 Å². The lowest BCUT2D eigenvalue weighted by molar-refractivity contribution is -0.125. The predicted octanol–water partition coefficient (Wildman–Crippen LogP) is 4.32. The van der Waals surface area contributed by atoms with Crippen molar-refractivity contribution in [1.82, 2.24) is 10.3 Å². The van der Waals surface area contributed by atoms with Crippen molar-refractivity contribution in [3.05, 3.63) is 34.4 Å². The number of carbonyl (C=O) groups is 1. The van der Waals surface area contributed by atoms with Gasteiger partial charge in [-0.3, -0.25) is 9.78 Å². The Morgan fingerprint density at radius 3 is 2.77 bits per heavy atom. The molecule has 1 amide bonds. The molecule has 1 N–H and O–H groups in total. The fraction of sp³-hybridized carbons (Fsp3) is 0.478. The summed E-state index contributed by atoms with van der Waals surface area (Å²) >= 11 is 4.77. The highest BCUT2D eigenvalue weighted by molar-refractivity contribution is 9.10. The van der Waals surface area contributed by atoms with Crippen LogP contribution in [0.5, 0.6) is 5.75 Å². The molecule has 1 aromatic heterocycles. The Kier molecular flexibility index (Phi) is 10.1. The molecule has 0 aliphatic heterocycles. The first-order valence-electron chi connectivity index (χ1n) is 9.90. The highest BCUT2D eigenvalue weighted by atomic mass is 79.9. The van der Waals surface area contributed by atoms with Crippen molar-refractivity contribution in [3.8, 4) is 17.6 Å². The number of methoxy groups -OCH3 is 1. The van der Waals surface area contributed by atoms with Gasteiger partial charge in [0.15, 0.2) is 0 Å². The summed E-state index contributed by atoms with van der Waals surface area (Å²) < 4.78 is 17.2. The van der Waals surface area contributed by atoms with Crippen LogP contribution in [0.2, 0.25) is 0 Å². The monoisotopic (exact) mass is 508 g/mol. The molecule has 6 nitrogen and oxygen atoms in total. The Morgan fingerprint density at radius 2 is 2.06 bits per heavy atom. The zero-order valence-corrected chi connectivity index (χ0v) is 21.0. The number of ether oxygens (including phenoxy) is 3. The number of aromatic nitrogens is 1. The molecule has 0 bridgehead atoms. The lowest BCUT2D eigenvalue weighted by Gasteiger charge is -2.24. The van der Waals surface area contributed by atoms with E-state index in [9.17, 15) is 4.79 Å². The first kappa shape index (κ1) is 25.5. The Bertz CT molecular complexity index is 956. The Morgan fingerprint density at radius 1 is 1.29 bits per heavy atom. The number of hydrogen-bond acceptors (Lipinski definition) is 6. The normalized spacial score (nSPS) is 12.2. The van der Waals surface area contributed by atoms with Gasteiger partial charge in [0, 0.05) is 29.6 Å². The van der Waals surface area contributed by atoms with Crippen LogP contribution >= 0.6 is 27.7 Å². The second kappa shape index (κ2) is 12.3. The molecule has 0 aliphatic carbocycles. The molecule has 1 heterocycles. The Hall–Kier alpha value is -1.79. The van der Waals surface area contributed by atoms with Gasteiger partial charge in [-0.25, -0.2) is 0 Å². The van der Waals surface area contributed by atoms with Crippen molar-refractivity contribution in [2.24, 2.45) is 0 Å². The number of pyridine rings is 1. The number of fused-ring (bicyclic) bond motifs is 1. The van der Waals surface area contributed by atoms with Crippen molar-refractivity contribution in [3.63, 3.8) is 0 Å². The van der Waals surface area contributed by atoms with Crippen LogP contribution in [-0.2, 0) is 14.3 Å². The highest BCUT2D eigenvalue weighted by Crippen LogP contribution is 2.27. The number of carbonyl (C=O) groups excluding carboxylic acids is 1.